The molecule has 1 unspecified atom stereocenters. The summed E-state index contributed by atoms with van der Waals surface area (Å²) in [6, 6.07) is 7.20. The zero-order chi connectivity index (χ0) is 16.8. The van der Waals surface area contributed by atoms with Crippen LogP contribution in [0.25, 0.3) is 0 Å². The van der Waals surface area contributed by atoms with Crippen molar-refractivity contribution in [2.75, 3.05) is 6.54 Å². The first-order chi connectivity index (χ1) is 11.0. The number of ether oxygens (including phenoxy) is 1. The molecule has 0 aliphatic carbocycles. The number of amides is 1. The Morgan fingerprint density at radius 1 is 1.39 bits per heavy atom. The topological polar surface area (TPSA) is 87.2 Å². The smallest absolute Gasteiger partial charge is 0.387 e. The third-order valence-electron chi connectivity index (χ3n) is 3.19. The third kappa shape index (κ3) is 4.75. The highest BCUT2D eigenvalue weighted by Gasteiger charge is 2.13. The molecular weight excluding hydrogens is 308 g/mol. The van der Waals surface area contributed by atoms with Crippen molar-refractivity contribution in [2.45, 2.75) is 26.1 Å². The van der Waals surface area contributed by atoms with Crippen molar-refractivity contribution in [2.24, 2.45) is 0 Å². The number of hydrogen-bond acceptors (Lipinski definition) is 4. The SMILES string of the molecule is CCc1cc(C(=O)NCC(O)c2ccc(OC(F)F)cc2)n[nH]1. The molecule has 0 aliphatic rings. The van der Waals surface area contributed by atoms with Gasteiger partial charge in [-0.1, -0.05) is 19.1 Å². The summed E-state index contributed by atoms with van der Waals surface area (Å²) in [6.07, 6.45) is -0.236. The molecular formula is C15H17F2N3O3. The lowest BCUT2D eigenvalue weighted by Crippen LogP contribution is -2.28. The predicted molar refractivity (Wildman–Crippen MR) is 78.3 cm³/mol. The van der Waals surface area contributed by atoms with E-state index in [1.165, 1.54) is 24.3 Å². The molecule has 0 spiro atoms. The standard InChI is InChI=1S/C15H17F2N3O3/c1-2-10-7-12(20-19-10)14(22)18-8-13(21)9-3-5-11(6-4-9)23-15(16)17/h3-7,13,15,21H,2,8H2,1H3,(H,18,22)(H,19,20). The van der Waals surface area contributed by atoms with E-state index >= 15 is 0 Å². The van der Waals surface area contributed by atoms with E-state index in [0.717, 1.165) is 12.1 Å². The number of hydrogen-bond donors (Lipinski definition) is 3. The Morgan fingerprint density at radius 3 is 2.65 bits per heavy atom. The van der Waals surface area contributed by atoms with Crippen LogP contribution in [0.2, 0.25) is 0 Å². The third-order valence-corrected chi connectivity index (χ3v) is 3.19. The highest BCUT2D eigenvalue weighted by atomic mass is 19.3. The predicted octanol–water partition coefficient (Wildman–Crippen LogP) is 2.04. The minimum atomic E-state index is -2.90. The highest BCUT2D eigenvalue weighted by Crippen LogP contribution is 2.19. The molecule has 8 heteroatoms. The van der Waals surface area contributed by atoms with E-state index in [2.05, 4.69) is 20.3 Å². The number of aliphatic hydroxyl groups is 1. The number of alkyl halides is 2. The maximum Gasteiger partial charge on any atom is 0.387 e. The van der Waals surface area contributed by atoms with E-state index in [9.17, 15) is 18.7 Å². The van der Waals surface area contributed by atoms with Crippen LogP contribution in [0.4, 0.5) is 8.78 Å². The van der Waals surface area contributed by atoms with Crippen molar-refractivity contribution in [1.82, 2.24) is 15.5 Å². The Labute approximate surface area is 131 Å². The van der Waals surface area contributed by atoms with Gasteiger partial charge in [0.1, 0.15) is 11.4 Å². The van der Waals surface area contributed by atoms with Gasteiger partial charge < -0.3 is 15.2 Å². The van der Waals surface area contributed by atoms with Crippen LogP contribution in [0.1, 0.15) is 34.8 Å². The van der Waals surface area contributed by atoms with Gasteiger partial charge in [0, 0.05) is 12.2 Å². The molecule has 1 amide bonds. The van der Waals surface area contributed by atoms with Crippen molar-refractivity contribution < 1.29 is 23.4 Å². The van der Waals surface area contributed by atoms with Crippen LogP contribution in [0.5, 0.6) is 5.75 Å². The Morgan fingerprint density at radius 2 is 2.09 bits per heavy atom. The van der Waals surface area contributed by atoms with Gasteiger partial charge in [0.15, 0.2) is 0 Å². The number of aliphatic hydroxyl groups excluding tert-OH is 1. The normalized spacial score (nSPS) is 12.2. The van der Waals surface area contributed by atoms with Crippen LogP contribution in [0.15, 0.2) is 30.3 Å². The molecule has 0 aliphatic heterocycles. The van der Waals surface area contributed by atoms with E-state index < -0.39 is 18.6 Å². The molecule has 1 aromatic heterocycles. The number of carbonyl (C=O) groups excluding carboxylic acids is 1. The quantitative estimate of drug-likeness (QED) is 0.727. The molecule has 2 rings (SSSR count). The molecule has 2 aromatic rings. The average molecular weight is 325 g/mol. The Hall–Kier alpha value is -2.48. The molecule has 0 bridgehead atoms. The number of H-pyrrole nitrogens is 1. The summed E-state index contributed by atoms with van der Waals surface area (Å²) in [5.41, 5.74) is 1.56. The Kier molecular flexibility index (Phi) is 5.64. The molecule has 6 nitrogen and oxygen atoms in total. The van der Waals surface area contributed by atoms with Crippen molar-refractivity contribution >= 4 is 5.91 Å². The van der Waals surface area contributed by atoms with Crippen molar-refractivity contribution in [3.05, 3.63) is 47.3 Å². The molecule has 0 saturated carbocycles. The second-order valence-corrected chi connectivity index (χ2v) is 4.81. The van der Waals surface area contributed by atoms with Gasteiger partial charge in [-0.25, -0.2) is 0 Å². The largest absolute Gasteiger partial charge is 0.435 e. The van der Waals surface area contributed by atoms with Gasteiger partial charge in [0.25, 0.3) is 5.91 Å². The lowest BCUT2D eigenvalue weighted by molar-refractivity contribution is -0.0498. The summed E-state index contributed by atoms with van der Waals surface area (Å²) in [5.74, 6) is -0.402. The number of aromatic amines is 1. The molecule has 1 atom stereocenters. The fourth-order valence-corrected chi connectivity index (χ4v) is 1.93. The van der Waals surface area contributed by atoms with Crippen molar-refractivity contribution in [3.63, 3.8) is 0 Å². The lowest BCUT2D eigenvalue weighted by Gasteiger charge is -2.12. The van der Waals surface area contributed by atoms with E-state index in [-0.39, 0.29) is 18.0 Å². The molecule has 124 valence electrons. The van der Waals surface area contributed by atoms with Crippen molar-refractivity contribution in [1.29, 1.82) is 0 Å². The molecule has 3 N–H and O–H groups in total. The number of benzene rings is 1. The fraction of sp³-hybridized carbons (Fsp3) is 0.333. The monoisotopic (exact) mass is 325 g/mol. The molecule has 1 heterocycles. The molecule has 23 heavy (non-hydrogen) atoms. The van der Waals surface area contributed by atoms with Gasteiger partial charge in [-0.05, 0) is 30.2 Å². The highest BCUT2D eigenvalue weighted by molar-refractivity contribution is 5.92. The summed E-state index contributed by atoms with van der Waals surface area (Å²) in [7, 11) is 0. The first-order valence-corrected chi connectivity index (χ1v) is 7.05. The zero-order valence-corrected chi connectivity index (χ0v) is 12.4. The average Bonchev–Trinajstić information content (AvgIpc) is 3.01. The molecule has 1 aromatic carbocycles. The minimum Gasteiger partial charge on any atom is -0.435 e. The van der Waals surface area contributed by atoms with E-state index in [1.54, 1.807) is 6.07 Å². The van der Waals surface area contributed by atoms with Crippen molar-refractivity contribution in [3.8, 4) is 5.75 Å². The molecule has 0 radical (unpaired) electrons. The number of carbonyl (C=O) groups is 1. The van der Waals surface area contributed by atoms with Crippen LogP contribution in [0, 0.1) is 0 Å². The number of halogens is 2. The van der Waals surface area contributed by atoms with Gasteiger partial charge in [0.05, 0.1) is 6.10 Å². The van der Waals surface area contributed by atoms with E-state index in [4.69, 9.17) is 0 Å². The van der Waals surface area contributed by atoms with Gasteiger partial charge in [-0.2, -0.15) is 13.9 Å². The van der Waals surface area contributed by atoms with Gasteiger partial charge in [-0.15, -0.1) is 0 Å². The van der Waals surface area contributed by atoms with E-state index in [1.807, 2.05) is 6.92 Å². The number of aryl methyl sites for hydroxylation is 1. The van der Waals surface area contributed by atoms with Crippen LogP contribution in [-0.4, -0.2) is 34.4 Å². The number of nitrogens with one attached hydrogen (secondary N) is 2. The summed E-state index contributed by atoms with van der Waals surface area (Å²) in [6.45, 7) is -0.991. The first kappa shape index (κ1) is 16.9. The van der Waals surface area contributed by atoms with Gasteiger partial charge in [-0.3, -0.25) is 9.89 Å². The fourth-order valence-electron chi connectivity index (χ4n) is 1.93. The summed E-state index contributed by atoms with van der Waals surface area (Å²) < 4.78 is 28.3. The second-order valence-electron chi connectivity index (χ2n) is 4.81. The van der Waals surface area contributed by atoms with Crippen LogP contribution in [0.3, 0.4) is 0 Å². The minimum absolute atomic E-state index is 0.00334. The number of nitrogens with zero attached hydrogens (tertiary/aromatic N) is 1. The zero-order valence-electron chi connectivity index (χ0n) is 12.4. The summed E-state index contributed by atoms with van der Waals surface area (Å²) in [4.78, 5) is 11.9. The van der Waals surface area contributed by atoms with Crippen LogP contribution in [-0.2, 0) is 6.42 Å². The second kappa shape index (κ2) is 7.68. The summed E-state index contributed by atoms with van der Waals surface area (Å²) >= 11 is 0. The van der Waals surface area contributed by atoms with Crippen LogP contribution >= 0.6 is 0 Å². The van der Waals surface area contributed by atoms with Gasteiger partial charge in [0.2, 0.25) is 0 Å². The Bertz CT molecular complexity index is 644. The number of aromatic nitrogens is 2. The lowest BCUT2D eigenvalue weighted by atomic mass is 10.1. The maximum absolute atomic E-state index is 12.1. The van der Waals surface area contributed by atoms with Crippen LogP contribution < -0.4 is 10.1 Å². The maximum atomic E-state index is 12.1. The number of rotatable bonds is 7. The first-order valence-electron chi connectivity index (χ1n) is 7.05. The van der Waals surface area contributed by atoms with E-state index in [0.29, 0.717) is 5.56 Å². The molecule has 0 saturated heterocycles. The Balaban J connectivity index is 1.88. The molecule has 0 fully saturated rings. The summed E-state index contributed by atoms with van der Waals surface area (Å²) in [5, 5.41) is 19.2. The van der Waals surface area contributed by atoms with Gasteiger partial charge >= 0.3 is 6.61 Å².